The molecule has 0 amide bonds. The van der Waals surface area contributed by atoms with E-state index in [1.54, 1.807) is 18.2 Å². The summed E-state index contributed by atoms with van der Waals surface area (Å²) in [5, 5.41) is 8.97. The zero-order chi connectivity index (χ0) is 16.8. The van der Waals surface area contributed by atoms with Crippen molar-refractivity contribution in [2.75, 3.05) is 13.2 Å². The Morgan fingerprint density at radius 2 is 2.17 bits per heavy atom. The van der Waals surface area contributed by atoms with Crippen LogP contribution < -0.4 is 4.74 Å². The van der Waals surface area contributed by atoms with Gasteiger partial charge in [-0.3, -0.25) is 4.79 Å². The lowest BCUT2D eigenvalue weighted by Gasteiger charge is -2.30. The molecule has 7 heteroatoms. The molecule has 1 aromatic rings. The Hall–Kier alpha value is -1.60. The lowest BCUT2D eigenvalue weighted by Crippen LogP contribution is -2.42. The maximum absolute atomic E-state index is 13.0. The number of rotatable bonds is 4. The monoisotopic (exact) mass is 339 g/mol. The van der Waals surface area contributed by atoms with E-state index in [1.807, 2.05) is 13.8 Å². The highest BCUT2D eigenvalue weighted by molar-refractivity contribution is 7.89. The van der Waals surface area contributed by atoms with E-state index in [-0.39, 0.29) is 23.8 Å². The number of fused-ring (bicyclic) bond motifs is 1. The maximum atomic E-state index is 13.0. The fraction of sp³-hybridized carbons (Fsp3) is 0.562. The van der Waals surface area contributed by atoms with Gasteiger partial charge in [-0.05, 0) is 37.8 Å². The van der Waals surface area contributed by atoms with Crippen LogP contribution in [0.4, 0.5) is 0 Å². The second-order valence-corrected chi connectivity index (χ2v) is 8.75. The molecule has 1 N–H and O–H groups in total. The average Bonchev–Trinajstić information content (AvgIpc) is 3.01. The predicted molar refractivity (Wildman–Crippen MR) is 84.0 cm³/mol. The van der Waals surface area contributed by atoms with Crippen molar-refractivity contribution in [1.29, 1.82) is 0 Å². The molecule has 23 heavy (non-hydrogen) atoms. The summed E-state index contributed by atoms with van der Waals surface area (Å²) in [6, 6.07) is 4.99. The van der Waals surface area contributed by atoms with E-state index in [0.29, 0.717) is 18.8 Å². The van der Waals surface area contributed by atoms with Gasteiger partial charge in [0, 0.05) is 31.0 Å². The molecular weight excluding hydrogens is 318 g/mol. The Labute approximate surface area is 136 Å². The van der Waals surface area contributed by atoms with Crippen molar-refractivity contribution < 1.29 is 23.1 Å². The minimum atomic E-state index is -3.68. The number of carboxylic acid groups (broad SMARTS) is 1. The zero-order valence-corrected chi connectivity index (χ0v) is 14.1. The number of hydrogen-bond acceptors (Lipinski definition) is 4. The van der Waals surface area contributed by atoms with Crippen molar-refractivity contribution in [3.63, 3.8) is 0 Å². The molecule has 6 nitrogen and oxygen atoms in total. The topological polar surface area (TPSA) is 83.9 Å². The van der Waals surface area contributed by atoms with Gasteiger partial charge in [-0.15, -0.1) is 0 Å². The smallest absolute Gasteiger partial charge is 0.303 e. The fourth-order valence-electron chi connectivity index (χ4n) is 3.60. The quantitative estimate of drug-likeness (QED) is 0.905. The van der Waals surface area contributed by atoms with Gasteiger partial charge in [-0.2, -0.15) is 4.31 Å². The minimum absolute atomic E-state index is 0.0112. The van der Waals surface area contributed by atoms with Gasteiger partial charge < -0.3 is 9.84 Å². The SMILES string of the molecule is CC1(C)CC(CC(=O)O)CN1S(=O)(=O)c1ccc2c(c1)OCC2. The standard InChI is InChI=1S/C16H21NO5S/c1-16(2)9-11(7-15(18)19)10-17(16)23(20,21)13-4-3-12-5-6-22-14(12)8-13/h3-4,8,11H,5-7,9-10H2,1-2H3,(H,18,19). The molecule has 1 saturated heterocycles. The summed E-state index contributed by atoms with van der Waals surface area (Å²) in [5.41, 5.74) is 0.423. The van der Waals surface area contributed by atoms with E-state index in [1.165, 1.54) is 4.31 Å². The van der Waals surface area contributed by atoms with Crippen LogP contribution in [-0.2, 0) is 21.2 Å². The molecule has 2 aliphatic heterocycles. The van der Waals surface area contributed by atoms with E-state index in [9.17, 15) is 13.2 Å². The average molecular weight is 339 g/mol. The number of aliphatic carboxylic acids is 1. The molecular formula is C16H21NO5S. The second kappa shape index (κ2) is 5.49. The molecule has 3 rings (SSSR count). The van der Waals surface area contributed by atoms with Gasteiger partial charge in [0.25, 0.3) is 0 Å². The Balaban J connectivity index is 1.91. The summed E-state index contributed by atoms with van der Waals surface area (Å²) in [5.74, 6) is -0.427. The molecule has 1 atom stereocenters. The van der Waals surface area contributed by atoms with Crippen molar-refractivity contribution in [3.05, 3.63) is 23.8 Å². The molecule has 126 valence electrons. The van der Waals surface area contributed by atoms with Crippen LogP contribution in [0.15, 0.2) is 23.1 Å². The first-order chi connectivity index (χ1) is 10.7. The summed E-state index contributed by atoms with van der Waals surface area (Å²) in [7, 11) is -3.68. The Bertz CT molecular complexity index is 741. The molecule has 0 spiro atoms. The first-order valence-electron chi connectivity index (χ1n) is 7.70. The van der Waals surface area contributed by atoms with Crippen molar-refractivity contribution in [3.8, 4) is 5.75 Å². The minimum Gasteiger partial charge on any atom is -0.493 e. The number of nitrogens with zero attached hydrogens (tertiary/aromatic N) is 1. The molecule has 0 radical (unpaired) electrons. The van der Waals surface area contributed by atoms with Crippen LogP contribution in [0.2, 0.25) is 0 Å². The normalized spacial score (nSPS) is 23.5. The number of sulfonamides is 1. The van der Waals surface area contributed by atoms with E-state index in [4.69, 9.17) is 9.84 Å². The van der Waals surface area contributed by atoms with Crippen LogP contribution in [0, 0.1) is 5.92 Å². The zero-order valence-electron chi connectivity index (χ0n) is 13.3. The number of benzene rings is 1. The molecule has 0 aromatic heterocycles. The Kier molecular flexibility index (Phi) is 3.88. The summed E-state index contributed by atoms with van der Waals surface area (Å²) in [4.78, 5) is 11.1. The van der Waals surface area contributed by atoms with Gasteiger partial charge in [0.15, 0.2) is 0 Å². The van der Waals surface area contributed by atoms with E-state index in [2.05, 4.69) is 0 Å². The molecule has 0 bridgehead atoms. The molecule has 1 fully saturated rings. The van der Waals surface area contributed by atoms with Gasteiger partial charge >= 0.3 is 5.97 Å². The van der Waals surface area contributed by atoms with Crippen molar-refractivity contribution in [2.45, 2.75) is 43.5 Å². The molecule has 1 aromatic carbocycles. The van der Waals surface area contributed by atoms with E-state index in [0.717, 1.165) is 12.0 Å². The van der Waals surface area contributed by atoms with E-state index >= 15 is 0 Å². The maximum Gasteiger partial charge on any atom is 0.303 e. The van der Waals surface area contributed by atoms with Gasteiger partial charge in [-0.25, -0.2) is 8.42 Å². The lowest BCUT2D eigenvalue weighted by atomic mass is 9.95. The number of hydrogen-bond donors (Lipinski definition) is 1. The third-order valence-corrected chi connectivity index (χ3v) is 6.68. The predicted octanol–water partition coefficient (Wildman–Crippen LogP) is 1.89. The summed E-state index contributed by atoms with van der Waals surface area (Å²) in [6.45, 7) is 4.50. The summed E-state index contributed by atoms with van der Waals surface area (Å²) >= 11 is 0. The highest BCUT2D eigenvalue weighted by atomic mass is 32.2. The fourth-order valence-corrected chi connectivity index (χ4v) is 5.48. The van der Waals surface area contributed by atoms with Crippen LogP contribution in [0.1, 0.15) is 32.3 Å². The molecule has 2 heterocycles. The van der Waals surface area contributed by atoms with Gasteiger partial charge in [0.2, 0.25) is 10.0 Å². The molecule has 0 aliphatic carbocycles. The third kappa shape index (κ3) is 2.95. The first-order valence-corrected chi connectivity index (χ1v) is 9.14. The molecule has 2 aliphatic rings. The first kappa shape index (κ1) is 16.3. The largest absolute Gasteiger partial charge is 0.493 e. The second-order valence-electron chi connectivity index (χ2n) is 6.88. The molecule has 0 saturated carbocycles. The van der Waals surface area contributed by atoms with Crippen LogP contribution in [-0.4, -0.2) is 42.5 Å². The highest BCUT2D eigenvalue weighted by Gasteiger charge is 2.46. The highest BCUT2D eigenvalue weighted by Crippen LogP contribution is 2.39. The molecule has 1 unspecified atom stereocenters. The van der Waals surface area contributed by atoms with Gasteiger partial charge in [0.1, 0.15) is 5.75 Å². The van der Waals surface area contributed by atoms with Crippen molar-refractivity contribution in [1.82, 2.24) is 4.31 Å². The van der Waals surface area contributed by atoms with Crippen molar-refractivity contribution in [2.24, 2.45) is 5.92 Å². The number of carbonyl (C=O) groups is 1. The summed E-state index contributed by atoms with van der Waals surface area (Å²) < 4.78 is 32.9. The number of carboxylic acids is 1. The van der Waals surface area contributed by atoms with Gasteiger partial charge in [0.05, 0.1) is 11.5 Å². The Morgan fingerprint density at radius 1 is 1.43 bits per heavy atom. The van der Waals surface area contributed by atoms with Crippen molar-refractivity contribution >= 4 is 16.0 Å². The van der Waals surface area contributed by atoms with E-state index < -0.39 is 21.5 Å². The van der Waals surface area contributed by atoms with Crippen LogP contribution in [0.25, 0.3) is 0 Å². The van der Waals surface area contributed by atoms with Gasteiger partial charge in [-0.1, -0.05) is 6.07 Å². The Morgan fingerprint density at radius 3 is 2.87 bits per heavy atom. The third-order valence-electron chi connectivity index (χ3n) is 4.61. The van der Waals surface area contributed by atoms with Crippen LogP contribution >= 0.6 is 0 Å². The lowest BCUT2D eigenvalue weighted by molar-refractivity contribution is -0.138. The number of ether oxygens (including phenoxy) is 1. The van der Waals surface area contributed by atoms with Crippen LogP contribution in [0.5, 0.6) is 5.75 Å². The van der Waals surface area contributed by atoms with Crippen LogP contribution in [0.3, 0.4) is 0 Å². The summed E-state index contributed by atoms with van der Waals surface area (Å²) in [6.07, 6.45) is 1.33.